The predicted octanol–water partition coefficient (Wildman–Crippen LogP) is 1.97. The Bertz CT molecular complexity index is 618. The average Bonchev–Trinajstić information content (AvgIpc) is 2.94. The average molecular weight is 318 g/mol. The Hall–Kier alpha value is -2.08. The van der Waals surface area contributed by atoms with Gasteiger partial charge in [0.05, 0.1) is 11.3 Å². The standard InChI is InChI=1S/C17H26N4O2/c1-4-13(2)17(3,23)12-19-16(22)18-9-8-14-11-21-10-6-5-7-15(21)20-14/h5-7,10-11,13,23H,4,8-9,12H2,1-3H3,(H2,18,19,22). The number of hydrogen-bond acceptors (Lipinski definition) is 3. The summed E-state index contributed by atoms with van der Waals surface area (Å²) in [6.07, 6.45) is 5.44. The summed E-state index contributed by atoms with van der Waals surface area (Å²) in [5.74, 6) is 0.126. The van der Waals surface area contributed by atoms with E-state index < -0.39 is 5.60 Å². The zero-order chi connectivity index (χ0) is 16.9. The summed E-state index contributed by atoms with van der Waals surface area (Å²) in [5.41, 5.74) is 0.938. The number of urea groups is 1. The first-order valence-electron chi connectivity index (χ1n) is 8.09. The minimum absolute atomic E-state index is 0.126. The first-order valence-corrected chi connectivity index (χ1v) is 8.09. The van der Waals surface area contributed by atoms with Crippen molar-refractivity contribution in [1.82, 2.24) is 20.0 Å². The maximum Gasteiger partial charge on any atom is 0.314 e. The molecule has 2 atom stereocenters. The third-order valence-electron chi connectivity index (χ3n) is 4.36. The molecule has 0 spiro atoms. The molecule has 2 aromatic rings. The number of nitrogens with one attached hydrogen (secondary N) is 2. The minimum Gasteiger partial charge on any atom is -0.388 e. The molecule has 0 aliphatic heterocycles. The van der Waals surface area contributed by atoms with Crippen molar-refractivity contribution in [1.29, 1.82) is 0 Å². The summed E-state index contributed by atoms with van der Waals surface area (Å²) >= 11 is 0. The van der Waals surface area contributed by atoms with Crippen LogP contribution >= 0.6 is 0 Å². The normalized spacial score (nSPS) is 15.1. The lowest BCUT2D eigenvalue weighted by atomic mass is 9.89. The number of pyridine rings is 1. The van der Waals surface area contributed by atoms with Crippen LogP contribution in [0.2, 0.25) is 0 Å². The highest BCUT2D eigenvalue weighted by Crippen LogP contribution is 2.18. The Labute approximate surface area is 136 Å². The fourth-order valence-electron chi connectivity index (χ4n) is 2.35. The van der Waals surface area contributed by atoms with E-state index in [1.165, 1.54) is 0 Å². The summed E-state index contributed by atoms with van der Waals surface area (Å²) < 4.78 is 1.96. The molecule has 0 aromatic carbocycles. The SMILES string of the molecule is CCC(C)C(C)(O)CNC(=O)NCCc1cn2ccccc2n1. The molecule has 2 rings (SSSR count). The van der Waals surface area contributed by atoms with Gasteiger partial charge in [-0.1, -0.05) is 26.3 Å². The highest BCUT2D eigenvalue weighted by atomic mass is 16.3. The van der Waals surface area contributed by atoms with Crippen LogP contribution in [0.5, 0.6) is 0 Å². The molecule has 2 aromatic heterocycles. The number of carbonyl (C=O) groups excluding carboxylic acids is 1. The van der Waals surface area contributed by atoms with E-state index in [9.17, 15) is 9.90 Å². The first kappa shape index (κ1) is 17.3. The smallest absolute Gasteiger partial charge is 0.314 e. The quantitative estimate of drug-likeness (QED) is 0.730. The van der Waals surface area contributed by atoms with Crippen molar-refractivity contribution in [3.8, 4) is 0 Å². The molecule has 0 aliphatic carbocycles. The molecular formula is C17H26N4O2. The molecule has 0 saturated carbocycles. The zero-order valence-electron chi connectivity index (χ0n) is 14.0. The van der Waals surface area contributed by atoms with E-state index in [4.69, 9.17) is 0 Å². The fraction of sp³-hybridized carbons (Fsp3) is 0.529. The van der Waals surface area contributed by atoms with E-state index in [2.05, 4.69) is 15.6 Å². The third kappa shape index (κ3) is 4.69. The fourth-order valence-corrected chi connectivity index (χ4v) is 2.35. The predicted molar refractivity (Wildman–Crippen MR) is 90.4 cm³/mol. The molecule has 2 amide bonds. The summed E-state index contributed by atoms with van der Waals surface area (Å²) in [6, 6.07) is 5.58. The lowest BCUT2D eigenvalue weighted by Crippen LogP contribution is -2.48. The molecule has 0 fully saturated rings. The molecule has 3 N–H and O–H groups in total. The summed E-state index contributed by atoms with van der Waals surface area (Å²) in [5, 5.41) is 15.8. The third-order valence-corrected chi connectivity index (χ3v) is 4.36. The Kier molecular flexibility index (Phi) is 5.60. The van der Waals surface area contributed by atoms with Gasteiger partial charge >= 0.3 is 6.03 Å². The molecular weight excluding hydrogens is 292 g/mol. The van der Waals surface area contributed by atoms with Crippen molar-refractivity contribution >= 4 is 11.7 Å². The number of fused-ring (bicyclic) bond motifs is 1. The maximum absolute atomic E-state index is 11.8. The highest BCUT2D eigenvalue weighted by Gasteiger charge is 2.27. The van der Waals surface area contributed by atoms with Crippen LogP contribution in [0, 0.1) is 5.92 Å². The summed E-state index contributed by atoms with van der Waals surface area (Å²) in [6.45, 7) is 6.48. The number of nitrogens with zero attached hydrogens (tertiary/aromatic N) is 2. The van der Waals surface area contributed by atoms with E-state index in [1.807, 2.05) is 48.8 Å². The molecule has 0 saturated heterocycles. The summed E-state index contributed by atoms with van der Waals surface area (Å²) in [4.78, 5) is 16.3. The van der Waals surface area contributed by atoms with Gasteiger partial charge in [0.25, 0.3) is 0 Å². The van der Waals surface area contributed by atoms with Crippen molar-refractivity contribution in [3.05, 3.63) is 36.3 Å². The second-order valence-electron chi connectivity index (χ2n) is 6.22. The van der Waals surface area contributed by atoms with Crippen molar-refractivity contribution in [2.45, 2.75) is 39.2 Å². The number of carbonyl (C=O) groups is 1. The van der Waals surface area contributed by atoms with E-state index in [0.29, 0.717) is 13.0 Å². The minimum atomic E-state index is -0.895. The number of aliphatic hydroxyl groups is 1. The van der Waals surface area contributed by atoms with E-state index >= 15 is 0 Å². The molecule has 0 aliphatic rings. The number of hydrogen-bond donors (Lipinski definition) is 3. The van der Waals surface area contributed by atoms with Crippen molar-refractivity contribution < 1.29 is 9.90 Å². The number of imidazole rings is 1. The van der Waals surface area contributed by atoms with Gasteiger partial charge in [-0.25, -0.2) is 9.78 Å². The van der Waals surface area contributed by atoms with Crippen LogP contribution < -0.4 is 10.6 Å². The molecule has 2 heterocycles. The van der Waals surface area contributed by atoms with Gasteiger partial charge in [0, 0.05) is 31.9 Å². The van der Waals surface area contributed by atoms with E-state index in [1.54, 1.807) is 6.92 Å². The van der Waals surface area contributed by atoms with Crippen LogP contribution in [0.1, 0.15) is 32.9 Å². The van der Waals surface area contributed by atoms with E-state index in [-0.39, 0.29) is 18.5 Å². The number of rotatable bonds is 7. The number of amides is 2. The van der Waals surface area contributed by atoms with Gasteiger partial charge in [-0.15, -0.1) is 0 Å². The highest BCUT2D eigenvalue weighted by molar-refractivity contribution is 5.73. The van der Waals surface area contributed by atoms with Gasteiger partial charge in [0.2, 0.25) is 0 Å². The Morgan fingerprint density at radius 1 is 1.43 bits per heavy atom. The van der Waals surface area contributed by atoms with Gasteiger partial charge in [-0.3, -0.25) is 0 Å². The monoisotopic (exact) mass is 318 g/mol. The van der Waals surface area contributed by atoms with Crippen molar-refractivity contribution in [2.75, 3.05) is 13.1 Å². The second-order valence-corrected chi connectivity index (χ2v) is 6.22. The summed E-state index contributed by atoms with van der Waals surface area (Å²) in [7, 11) is 0. The molecule has 6 heteroatoms. The molecule has 23 heavy (non-hydrogen) atoms. The number of aromatic nitrogens is 2. The Balaban J connectivity index is 1.74. The molecule has 6 nitrogen and oxygen atoms in total. The lowest BCUT2D eigenvalue weighted by Gasteiger charge is -2.29. The van der Waals surface area contributed by atoms with Crippen molar-refractivity contribution in [2.24, 2.45) is 5.92 Å². The van der Waals surface area contributed by atoms with Crippen molar-refractivity contribution in [3.63, 3.8) is 0 Å². The van der Waals surface area contributed by atoms with Gasteiger partial charge < -0.3 is 20.1 Å². The largest absolute Gasteiger partial charge is 0.388 e. The molecule has 0 bridgehead atoms. The van der Waals surface area contributed by atoms with Crippen LogP contribution in [0.4, 0.5) is 4.79 Å². The van der Waals surface area contributed by atoms with Gasteiger partial charge in [0.15, 0.2) is 0 Å². The Morgan fingerprint density at radius 2 is 2.22 bits per heavy atom. The van der Waals surface area contributed by atoms with Crippen LogP contribution in [-0.2, 0) is 6.42 Å². The van der Waals surface area contributed by atoms with Gasteiger partial charge in [0.1, 0.15) is 5.65 Å². The van der Waals surface area contributed by atoms with E-state index in [0.717, 1.165) is 17.8 Å². The topological polar surface area (TPSA) is 78.7 Å². The van der Waals surface area contributed by atoms with Crippen LogP contribution in [-0.4, -0.2) is 39.2 Å². The first-order chi connectivity index (χ1) is 10.9. The van der Waals surface area contributed by atoms with Crippen LogP contribution in [0.15, 0.2) is 30.6 Å². The van der Waals surface area contributed by atoms with Crippen LogP contribution in [0.25, 0.3) is 5.65 Å². The second kappa shape index (κ2) is 7.46. The molecule has 126 valence electrons. The zero-order valence-corrected chi connectivity index (χ0v) is 14.0. The van der Waals surface area contributed by atoms with Gasteiger partial charge in [-0.05, 0) is 25.0 Å². The van der Waals surface area contributed by atoms with Gasteiger partial charge in [-0.2, -0.15) is 0 Å². The molecule has 0 radical (unpaired) electrons. The lowest BCUT2D eigenvalue weighted by molar-refractivity contribution is 0.00791. The molecule has 2 unspecified atom stereocenters. The Morgan fingerprint density at radius 3 is 2.91 bits per heavy atom. The van der Waals surface area contributed by atoms with Crippen LogP contribution in [0.3, 0.4) is 0 Å². The maximum atomic E-state index is 11.8.